The van der Waals surface area contributed by atoms with Gasteiger partial charge in [-0.3, -0.25) is 0 Å². The zero-order chi connectivity index (χ0) is 29.7. The van der Waals surface area contributed by atoms with Crippen LogP contribution in [0.3, 0.4) is 0 Å². The molecule has 1 N–H and O–H groups in total. The molecule has 0 radical (unpaired) electrons. The lowest BCUT2D eigenvalue weighted by Crippen LogP contribution is -2.22. The van der Waals surface area contributed by atoms with Gasteiger partial charge in [0.1, 0.15) is 0 Å². The quantitative estimate of drug-likeness (QED) is 0.0587. The summed E-state index contributed by atoms with van der Waals surface area (Å²) in [6.07, 6.45) is 52.1. The molecule has 0 amide bonds. The summed E-state index contributed by atoms with van der Waals surface area (Å²) in [5, 5.41) is 3.64. The molecule has 0 saturated carbocycles. The van der Waals surface area contributed by atoms with Gasteiger partial charge >= 0.3 is 0 Å². The third kappa shape index (κ3) is 35.5. The van der Waals surface area contributed by atoms with Gasteiger partial charge in [0.25, 0.3) is 0 Å². The van der Waals surface area contributed by atoms with Crippen molar-refractivity contribution in [3.8, 4) is 0 Å². The van der Waals surface area contributed by atoms with Gasteiger partial charge in [0.2, 0.25) is 0 Å². The predicted octanol–water partition coefficient (Wildman–Crippen LogP) is 14.1. The number of rotatable bonds is 35. The molecule has 0 atom stereocenters. The molecule has 1 nitrogen and oxygen atoms in total. The highest BCUT2D eigenvalue weighted by Crippen LogP contribution is 2.19. The van der Waals surface area contributed by atoms with E-state index in [4.69, 9.17) is 0 Å². The minimum Gasteiger partial charge on any atom is -0.317 e. The van der Waals surface area contributed by atoms with Gasteiger partial charge in [0, 0.05) is 0 Å². The Morgan fingerprint density at radius 2 is 0.659 bits per heavy atom. The molecule has 41 heavy (non-hydrogen) atoms. The van der Waals surface area contributed by atoms with Gasteiger partial charge < -0.3 is 5.32 Å². The Labute approximate surface area is 261 Å². The number of nitrogens with one attached hydrogen (secondary N) is 1. The molecule has 0 fully saturated rings. The molecule has 0 aliphatic rings. The summed E-state index contributed by atoms with van der Waals surface area (Å²) in [6, 6.07) is 0. The van der Waals surface area contributed by atoms with Crippen molar-refractivity contribution in [2.45, 2.75) is 213 Å². The van der Waals surface area contributed by atoms with Gasteiger partial charge in [0.05, 0.1) is 0 Å². The third-order valence-corrected chi connectivity index (χ3v) is 8.93. The van der Waals surface area contributed by atoms with Crippen molar-refractivity contribution in [1.29, 1.82) is 0 Å². The van der Waals surface area contributed by atoms with Crippen LogP contribution in [0.1, 0.15) is 213 Å². The predicted molar refractivity (Wildman–Crippen MR) is 190 cm³/mol. The SMILES string of the molecule is CCCCCCCC/C=C\CCCCCCCCC(CCCCCCCC/C=C\CCCCCCCC)CNCC. The van der Waals surface area contributed by atoms with Crippen LogP contribution in [-0.2, 0) is 0 Å². The molecule has 0 unspecified atom stereocenters. The minimum atomic E-state index is 0.906. The average molecular weight is 574 g/mol. The Balaban J connectivity index is 3.54. The summed E-state index contributed by atoms with van der Waals surface area (Å²) >= 11 is 0. The van der Waals surface area contributed by atoms with Gasteiger partial charge in [-0.25, -0.2) is 0 Å². The van der Waals surface area contributed by atoms with Crippen LogP contribution >= 0.6 is 0 Å². The van der Waals surface area contributed by atoms with Crippen molar-refractivity contribution in [1.82, 2.24) is 5.32 Å². The van der Waals surface area contributed by atoms with Crippen LogP contribution in [0.15, 0.2) is 24.3 Å². The first kappa shape index (κ1) is 40.4. The topological polar surface area (TPSA) is 12.0 Å². The monoisotopic (exact) mass is 574 g/mol. The molecule has 0 heterocycles. The van der Waals surface area contributed by atoms with Crippen molar-refractivity contribution >= 4 is 0 Å². The first-order chi connectivity index (χ1) is 20.3. The van der Waals surface area contributed by atoms with Crippen molar-refractivity contribution in [3.63, 3.8) is 0 Å². The fourth-order valence-electron chi connectivity index (χ4n) is 6.06. The summed E-state index contributed by atoms with van der Waals surface area (Å²) in [6.45, 7) is 9.22. The summed E-state index contributed by atoms with van der Waals surface area (Å²) in [5.41, 5.74) is 0. The maximum Gasteiger partial charge on any atom is -0.00206 e. The van der Waals surface area contributed by atoms with E-state index in [1.165, 1.54) is 199 Å². The van der Waals surface area contributed by atoms with Crippen molar-refractivity contribution in [3.05, 3.63) is 24.3 Å². The van der Waals surface area contributed by atoms with Gasteiger partial charge in [0.15, 0.2) is 0 Å². The van der Waals surface area contributed by atoms with E-state index in [1.54, 1.807) is 0 Å². The highest BCUT2D eigenvalue weighted by molar-refractivity contribution is 4.82. The van der Waals surface area contributed by atoms with E-state index < -0.39 is 0 Å². The number of hydrogen-bond donors (Lipinski definition) is 1. The lowest BCUT2D eigenvalue weighted by atomic mass is 9.94. The molecule has 0 saturated heterocycles. The van der Waals surface area contributed by atoms with Crippen LogP contribution in [-0.4, -0.2) is 13.1 Å². The first-order valence-electron chi connectivity index (χ1n) is 19.4. The van der Waals surface area contributed by atoms with Crippen LogP contribution in [0.25, 0.3) is 0 Å². The van der Waals surface area contributed by atoms with Crippen LogP contribution in [0.4, 0.5) is 0 Å². The van der Waals surface area contributed by atoms with Crippen molar-refractivity contribution < 1.29 is 0 Å². The number of unbranched alkanes of at least 4 members (excludes halogenated alkanes) is 24. The molecule has 0 aromatic carbocycles. The molecular formula is C40H79N. The summed E-state index contributed by atoms with van der Waals surface area (Å²) < 4.78 is 0. The molecule has 0 bridgehead atoms. The number of allylic oxidation sites excluding steroid dienone is 4. The highest BCUT2D eigenvalue weighted by Gasteiger charge is 2.08. The normalized spacial score (nSPS) is 12.1. The van der Waals surface area contributed by atoms with Gasteiger partial charge in [-0.1, -0.05) is 173 Å². The second-order valence-corrected chi connectivity index (χ2v) is 13.1. The Morgan fingerprint density at radius 3 is 0.976 bits per heavy atom. The van der Waals surface area contributed by atoms with E-state index in [0.717, 1.165) is 12.5 Å². The van der Waals surface area contributed by atoms with E-state index in [0.29, 0.717) is 0 Å². The average Bonchev–Trinajstić information content (AvgIpc) is 2.98. The van der Waals surface area contributed by atoms with Gasteiger partial charge in [-0.15, -0.1) is 0 Å². The fourth-order valence-corrected chi connectivity index (χ4v) is 6.06. The second kappa shape index (κ2) is 37.5. The lowest BCUT2D eigenvalue weighted by Gasteiger charge is -2.17. The second-order valence-electron chi connectivity index (χ2n) is 13.1. The van der Waals surface area contributed by atoms with Crippen LogP contribution in [0.5, 0.6) is 0 Å². The summed E-state index contributed by atoms with van der Waals surface area (Å²) in [5.74, 6) is 0.906. The smallest absolute Gasteiger partial charge is 0.00206 e. The zero-order valence-corrected chi connectivity index (χ0v) is 29.0. The zero-order valence-electron chi connectivity index (χ0n) is 29.0. The van der Waals surface area contributed by atoms with Crippen molar-refractivity contribution in [2.75, 3.05) is 13.1 Å². The first-order valence-corrected chi connectivity index (χ1v) is 19.4. The maximum atomic E-state index is 3.64. The molecule has 0 aromatic rings. The summed E-state index contributed by atoms with van der Waals surface area (Å²) in [4.78, 5) is 0. The van der Waals surface area contributed by atoms with Crippen LogP contribution < -0.4 is 5.32 Å². The van der Waals surface area contributed by atoms with E-state index in [1.807, 2.05) is 0 Å². The lowest BCUT2D eigenvalue weighted by molar-refractivity contribution is 0.385. The Hall–Kier alpha value is -0.560. The molecule has 0 spiro atoms. The molecule has 1 heteroatoms. The van der Waals surface area contributed by atoms with E-state index >= 15 is 0 Å². The van der Waals surface area contributed by atoms with E-state index in [-0.39, 0.29) is 0 Å². The summed E-state index contributed by atoms with van der Waals surface area (Å²) in [7, 11) is 0. The largest absolute Gasteiger partial charge is 0.317 e. The van der Waals surface area contributed by atoms with E-state index in [9.17, 15) is 0 Å². The molecule has 0 aliphatic heterocycles. The van der Waals surface area contributed by atoms with Gasteiger partial charge in [-0.2, -0.15) is 0 Å². The van der Waals surface area contributed by atoms with Gasteiger partial charge in [-0.05, 0) is 83.2 Å². The van der Waals surface area contributed by atoms with E-state index in [2.05, 4.69) is 50.4 Å². The fraction of sp³-hybridized carbons (Fsp3) is 0.900. The highest BCUT2D eigenvalue weighted by atomic mass is 14.8. The Morgan fingerprint density at radius 1 is 0.366 bits per heavy atom. The standard InChI is InChI=1S/C40H79N/c1-4-7-9-11-13-15-17-19-21-23-25-27-29-31-33-35-37-40(39-41-6-3)38-36-34-32-30-28-26-24-22-20-18-16-14-12-10-8-5-2/h19-22,40-41H,4-18,23-39H2,1-3H3/b21-19-,22-20-. The number of hydrogen-bond acceptors (Lipinski definition) is 1. The van der Waals surface area contributed by atoms with Crippen LogP contribution in [0, 0.1) is 5.92 Å². The van der Waals surface area contributed by atoms with Crippen LogP contribution in [0.2, 0.25) is 0 Å². The molecule has 0 aromatic heterocycles. The molecule has 0 rings (SSSR count). The molecular weight excluding hydrogens is 494 g/mol. The maximum absolute atomic E-state index is 3.64. The third-order valence-electron chi connectivity index (χ3n) is 8.93. The Kier molecular flexibility index (Phi) is 37.0. The molecule has 0 aliphatic carbocycles. The van der Waals surface area contributed by atoms with Crippen molar-refractivity contribution in [2.24, 2.45) is 5.92 Å². The molecule has 244 valence electrons. The Bertz CT molecular complexity index is 465. The minimum absolute atomic E-state index is 0.906.